The van der Waals surface area contributed by atoms with Crippen LogP contribution < -0.4 is 5.32 Å². The van der Waals surface area contributed by atoms with Gasteiger partial charge in [-0.2, -0.15) is 0 Å². The SMILES string of the molecule is CCC#CCNCC. The lowest BCUT2D eigenvalue weighted by Gasteiger charge is -1.87. The Morgan fingerprint density at radius 2 is 2.00 bits per heavy atom. The first-order valence-electron chi connectivity index (χ1n) is 3.08. The average Bonchev–Trinajstić information content (AvgIpc) is 1.81. The topological polar surface area (TPSA) is 12.0 Å². The second-order valence-corrected chi connectivity index (χ2v) is 1.49. The van der Waals surface area contributed by atoms with Gasteiger partial charge in [-0.1, -0.05) is 19.8 Å². The minimum atomic E-state index is 0.838. The first-order valence-corrected chi connectivity index (χ1v) is 3.08. The fraction of sp³-hybridized carbons (Fsp3) is 0.714. The number of hydrogen-bond acceptors (Lipinski definition) is 1. The summed E-state index contributed by atoms with van der Waals surface area (Å²) < 4.78 is 0. The summed E-state index contributed by atoms with van der Waals surface area (Å²) >= 11 is 0. The van der Waals surface area contributed by atoms with Gasteiger partial charge < -0.3 is 5.32 Å². The highest BCUT2D eigenvalue weighted by Gasteiger charge is 1.69. The molecule has 0 spiro atoms. The van der Waals surface area contributed by atoms with Crippen molar-refractivity contribution in [3.05, 3.63) is 0 Å². The van der Waals surface area contributed by atoms with Crippen LogP contribution in [0.15, 0.2) is 0 Å². The molecule has 0 aliphatic carbocycles. The molecule has 1 nitrogen and oxygen atoms in total. The first kappa shape index (κ1) is 7.52. The molecule has 0 saturated carbocycles. The minimum absolute atomic E-state index is 0.838. The van der Waals surface area contributed by atoms with Crippen molar-refractivity contribution in [3.63, 3.8) is 0 Å². The van der Waals surface area contributed by atoms with Crippen LogP contribution in [0.5, 0.6) is 0 Å². The van der Waals surface area contributed by atoms with Crippen LogP contribution in [0.4, 0.5) is 0 Å². The van der Waals surface area contributed by atoms with Crippen LogP contribution in [-0.2, 0) is 0 Å². The van der Waals surface area contributed by atoms with Gasteiger partial charge in [-0.15, -0.1) is 5.92 Å². The third kappa shape index (κ3) is 5.52. The zero-order valence-corrected chi connectivity index (χ0v) is 5.62. The Balaban J connectivity index is 2.90. The van der Waals surface area contributed by atoms with Crippen LogP contribution in [0.3, 0.4) is 0 Å². The molecule has 1 N–H and O–H groups in total. The van der Waals surface area contributed by atoms with Crippen LogP contribution in [0, 0.1) is 11.8 Å². The Morgan fingerprint density at radius 1 is 1.25 bits per heavy atom. The van der Waals surface area contributed by atoms with E-state index >= 15 is 0 Å². The summed E-state index contributed by atoms with van der Waals surface area (Å²) in [6.45, 7) is 5.98. The zero-order valence-electron chi connectivity index (χ0n) is 5.62. The van der Waals surface area contributed by atoms with Gasteiger partial charge in [-0.25, -0.2) is 0 Å². The van der Waals surface area contributed by atoms with E-state index in [2.05, 4.69) is 31.0 Å². The second kappa shape index (κ2) is 6.52. The van der Waals surface area contributed by atoms with Crippen molar-refractivity contribution in [2.24, 2.45) is 0 Å². The van der Waals surface area contributed by atoms with Crippen molar-refractivity contribution < 1.29 is 0 Å². The van der Waals surface area contributed by atoms with Gasteiger partial charge in [-0.05, 0) is 6.54 Å². The maximum absolute atomic E-state index is 3.11. The average molecular weight is 111 g/mol. The molecular weight excluding hydrogens is 98.1 g/mol. The van der Waals surface area contributed by atoms with E-state index in [1.807, 2.05) is 0 Å². The molecule has 0 radical (unpaired) electrons. The summed E-state index contributed by atoms with van der Waals surface area (Å²) in [5, 5.41) is 3.11. The Kier molecular flexibility index (Phi) is 6.13. The number of nitrogens with one attached hydrogen (secondary N) is 1. The van der Waals surface area contributed by atoms with Crippen LogP contribution in [0.2, 0.25) is 0 Å². The monoisotopic (exact) mass is 111 g/mol. The lowest BCUT2D eigenvalue weighted by Crippen LogP contribution is -2.11. The second-order valence-electron chi connectivity index (χ2n) is 1.49. The predicted octanol–water partition coefficient (Wildman–Crippen LogP) is 1.01. The maximum atomic E-state index is 3.11. The van der Waals surface area contributed by atoms with Crippen molar-refractivity contribution in [1.29, 1.82) is 0 Å². The van der Waals surface area contributed by atoms with E-state index < -0.39 is 0 Å². The van der Waals surface area contributed by atoms with Crippen LogP contribution in [0.1, 0.15) is 20.3 Å². The Hall–Kier alpha value is -0.480. The Morgan fingerprint density at radius 3 is 2.50 bits per heavy atom. The molecule has 0 aliphatic rings. The molecule has 0 aromatic carbocycles. The molecule has 0 fully saturated rings. The van der Waals surface area contributed by atoms with Crippen molar-refractivity contribution in [3.8, 4) is 11.8 Å². The maximum Gasteiger partial charge on any atom is 0.0576 e. The molecule has 0 rings (SSSR count). The largest absolute Gasteiger partial charge is 0.307 e. The molecule has 0 aromatic heterocycles. The summed E-state index contributed by atoms with van der Waals surface area (Å²) in [4.78, 5) is 0. The molecule has 0 unspecified atom stereocenters. The van der Waals surface area contributed by atoms with E-state index in [-0.39, 0.29) is 0 Å². The molecular formula is C7H13N. The summed E-state index contributed by atoms with van der Waals surface area (Å²) in [5.41, 5.74) is 0. The highest BCUT2D eigenvalue weighted by molar-refractivity contribution is 4.99. The van der Waals surface area contributed by atoms with Gasteiger partial charge in [0.15, 0.2) is 0 Å². The van der Waals surface area contributed by atoms with E-state index in [1.165, 1.54) is 0 Å². The predicted molar refractivity (Wildman–Crippen MR) is 36.6 cm³/mol. The molecule has 1 heteroatoms. The fourth-order valence-corrected chi connectivity index (χ4v) is 0.375. The normalized spacial score (nSPS) is 7.75. The van der Waals surface area contributed by atoms with Gasteiger partial charge in [0.2, 0.25) is 0 Å². The molecule has 0 aromatic rings. The highest BCUT2D eigenvalue weighted by Crippen LogP contribution is 1.64. The molecule has 46 valence electrons. The van der Waals surface area contributed by atoms with Crippen molar-refractivity contribution in [2.45, 2.75) is 20.3 Å². The molecule has 0 bridgehead atoms. The zero-order chi connectivity index (χ0) is 6.24. The molecule has 8 heavy (non-hydrogen) atoms. The Bertz CT molecular complexity index is 86.3. The quantitative estimate of drug-likeness (QED) is 0.414. The minimum Gasteiger partial charge on any atom is -0.307 e. The molecule has 0 aliphatic heterocycles. The van der Waals surface area contributed by atoms with Gasteiger partial charge in [0, 0.05) is 6.42 Å². The van der Waals surface area contributed by atoms with Gasteiger partial charge >= 0.3 is 0 Å². The van der Waals surface area contributed by atoms with Gasteiger partial charge in [0.25, 0.3) is 0 Å². The van der Waals surface area contributed by atoms with E-state index in [0.717, 1.165) is 19.5 Å². The first-order chi connectivity index (χ1) is 3.91. The molecule has 0 amide bonds. The number of rotatable bonds is 2. The summed E-state index contributed by atoms with van der Waals surface area (Å²) in [6.07, 6.45) is 0.964. The van der Waals surface area contributed by atoms with Gasteiger partial charge in [0.05, 0.1) is 6.54 Å². The third-order valence-corrected chi connectivity index (χ3v) is 0.765. The van der Waals surface area contributed by atoms with Gasteiger partial charge in [-0.3, -0.25) is 0 Å². The van der Waals surface area contributed by atoms with Crippen molar-refractivity contribution in [2.75, 3.05) is 13.1 Å². The molecule has 0 heterocycles. The molecule has 0 saturated heterocycles. The molecule has 0 atom stereocenters. The van der Waals surface area contributed by atoms with Gasteiger partial charge in [0.1, 0.15) is 0 Å². The van der Waals surface area contributed by atoms with Crippen LogP contribution >= 0.6 is 0 Å². The number of hydrogen-bond donors (Lipinski definition) is 1. The van der Waals surface area contributed by atoms with E-state index in [1.54, 1.807) is 0 Å². The standard InChI is InChI=1S/C7H13N/c1-3-5-6-7-8-4-2/h8H,3-4,7H2,1-2H3. The van der Waals surface area contributed by atoms with E-state index in [4.69, 9.17) is 0 Å². The smallest absolute Gasteiger partial charge is 0.0576 e. The lowest BCUT2D eigenvalue weighted by molar-refractivity contribution is 0.810. The van der Waals surface area contributed by atoms with Crippen molar-refractivity contribution in [1.82, 2.24) is 5.32 Å². The van der Waals surface area contributed by atoms with E-state index in [0.29, 0.717) is 0 Å². The summed E-state index contributed by atoms with van der Waals surface area (Å²) in [7, 11) is 0. The highest BCUT2D eigenvalue weighted by atomic mass is 14.8. The fourth-order valence-electron chi connectivity index (χ4n) is 0.375. The Labute approximate surface area is 51.5 Å². The summed E-state index contributed by atoms with van der Waals surface area (Å²) in [6, 6.07) is 0. The van der Waals surface area contributed by atoms with Crippen LogP contribution in [-0.4, -0.2) is 13.1 Å². The third-order valence-electron chi connectivity index (χ3n) is 0.765. The van der Waals surface area contributed by atoms with E-state index in [9.17, 15) is 0 Å². The lowest BCUT2D eigenvalue weighted by atomic mass is 10.4. The van der Waals surface area contributed by atoms with Crippen LogP contribution in [0.25, 0.3) is 0 Å². The van der Waals surface area contributed by atoms with Crippen molar-refractivity contribution >= 4 is 0 Å². The summed E-state index contributed by atoms with van der Waals surface area (Å²) in [5.74, 6) is 5.95.